The molecular formula is C17H15F3N2O3. The van der Waals surface area contributed by atoms with Gasteiger partial charge in [-0.1, -0.05) is 30.3 Å². The van der Waals surface area contributed by atoms with E-state index >= 15 is 0 Å². The van der Waals surface area contributed by atoms with Crippen LogP contribution in [-0.4, -0.2) is 18.2 Å². The van der Waals surface area contributed by atoms with Crippen LogP contribution in [0, 0.1) is 0 Å². The van der Waals surface area contributed by atoms with Crippen molar-refractivity contribution in [2.45, 2.75) is 19.2 Å². The number of halogens is 3. The molecule has 0 radical (unpaired) electrons. The molecule has 2 rings (SSSR count). The van der Waals surface area contributed by atoms with Gasteiger partial charge in [0.25, 0.3) is 5.91 Å². The smallest absolute Gasteiger partial charge is 0.406 e. The number of hydrogen-bond acceptors (Lipinski definition) is 3. The number of hydrogen-bond donors (Lipinski definition) is 2. The van der Waals surface area contributed by atoms with Crippen LogP contribution < -0.4 is 15.8 Å². The fourth-order valence-corrected chi connectivity index (χ4v) is 2.20. The van der Waals surface area contributed by atoms with Gasteiger partial charge in [0.1, 0.15) is 5.75 Å². The van der Waals surface area contributed by atoms with Crippen LogP contribution in [-0.2, 0) is 11.2 Å². The second kappa shape index (κ2) is 7.69. The Hall–Kier alpha value is -3.03. The van der Waals surface area contributed by atoms with E-state index in [4.69, 9.17) is 5.73 Å². The summed E-state index contributed by atoms with van der Waals surface area (Å²) >= 11 is 0. The van der Waals surface area contributed by atoms with E-state index in [0.29, 0.717) is 0 Å². The number of nitrogens with two attached hydrogens (primary N) is 1. The highest BCUT2D eigenvalue weighted by Crippen LogP contribution is 2.27. The van der Waals surface area contributed by atoms with Gasteiger partial charge in [-0.3, -0.25) is 9.59 Å². The van der Waals surface area contributed by atoms with Crippen molar-refractivity contribution in [2.75, 3.05) is 5.32 Å². The van der Waals surface area contributed by atoms with Crippen molar-refractivity contribution in [1.29, 1.82) is 0 Å². The third-order valence-corrected chi connectivity index (χ3v) is 3.29. The standard InChI is InChI=1S/C17H15F3N2O3/c18-17(19,20)25-14-8-4-1-5-11(14)9-10-15(23)22-13-7-3-2-6-12(13)16(21)24/h1-8H,9-10H2,(H2,21,24)(H,22,23). The van der Waals surface area contributed by atoms with Crippen LogP contribution in [0.15, 0.2) is 48.5 Å². The van der Waals surface area contributed by atoms with E-state index in [9.17, 15) is 22.8 Å². The Balaban J connectivity index is 2.03. The number of rotatable bonds is 6. The normalized spacial score (nSPS) is 11.0. The predicted octanol–water partition coefficient (Wildman–Crippen LogP) is 3.26. The van der Waals surface area contributed by atoms with Crippen LogP contribution in [0.3, 0.4) is 0 Å². The molecule has 0 spiro atoms. The van der Waals surface area contributed by atoms with Gasteiger partial charge in [-0.25, -0.2) is 0 Å². The summed E-state index contributed by atoms with van der Waals surface area (Å²) in [7, 11) is 0. The van der Waals surface area contributed by atoms with Crippen LogP contribution in [0.4, 0.5) is 18.9 Å². The minimum absolute atomic E-state index is 0.0385. The molecule has 8 heteroatoms. The fourth-order valence-electron chi connectivity index (χ4n) is 2.20. The number of ether oxygens (including phenoxy) is 1. The first kappa shape index (κ1) is 18.3. The van der Waals surface area contributed by atoms with Gasteiger partial charge in [-0.05, 0) is 30.2 Å². The molecule has 2 aromatic carbocycles. The van der Waals surface area contributed by atoms with Gasteiger partial charge in [0, 0.05) is 6.42 Å². The summed E-state index contributed by atoms with van der Waals surface area (Å²) in [6, 6.07) is 11.8. The second-order valence-corrected chi connectivity index (χ2v) is 5.11. The molecule has 0 aromatic heterocycles. The second-order valence-electron chi connectivity index (χ2n) is 5.11. The molecule has 0 unspecified atom stereocenters. The summed E-state index contributed by atoms with van der Waals surface area (Å²) in [5.74, 6) is -1.50. The van der Waals surface area contributed by atoms with Gasteiger partial charge in [-0.2, -0.15) is 0 Å². The number of amides is 2. The molecule has 5 nitrogen and oxygen atoms in total. The molecule has 0 atom stereocenters. The van der Waals surface area contributed by atoms with Crippen molar-refractivity contribution in [3.63, 3.8) is 0 Å². The molecule has 0 aliphatic carbocycles. The molecule has 0 heterocycles. The van der Waals surface area contributed by atoms with E-state index in [1.54, 1.807) is 18.2 Å². The zero-order valence-corrected chi connectivity index (χ0v) is 13.0. The number of nitrogens with one attached hydrogen (secondary N) is 1. The largest absolute Gasteiger partial charge is 0.573 e. The lowest BCUT2D eigenvalue weighted by Crippen LogP contribution is -2.19. The lowest BCUT2D eigenvalue weighted by atomic mass is 10.1. The Morgan fingerprint density at radius 1 is 1.04 bits per heavy atom. The minimum atomic E-state index is -4.81. The topological polar surface area (TPSA) is 81.4 Å². The Morgan fingerprint density at radius 3 is 2.36 bits per heavy atom. The Kier molecular flexibility index (Phi) is 5.63. The maximum atomic E-state index is 12.4. The summed E-state index contributed by atoms with van der Waals surface area (Å²) in [6.45, 7) is 0. The number of anilines is 1. The van der Waals surface area contributed by atoms with E-state index in [1.807, 2.05) is 0 Å². The highest BCUT2D eigenvalue weighted by Gasteiger charge is 2.31. The third-order valence-electron chi connectivity index (χ3n) is 3.29. The zero-order chi connectivity index (χ0) is 18.4. The van der Waals surface area contributed by atoms with Crippen molar-refractivity contribution < 1.29 is 27.5 Å². The number of primary amides is 1. The van der Waals surface area contributed by atoms with E-state index in [-0.39, 0.29) is 35.4 Å². The van der Waals surface area contributed by atoms with Gasteiger partial charge < -0.3 is 15.8 Å². The lowest BCUT2D eigenvalue weighted by Gasteiger charge is -2.13. The molecule has 0 aliphatic rings. The zero-order valence-electron chi connectivity index (χ0n) is 13.0. The van der Waals surface area contributed by atoms with Crippen LogP contribution in [0.1, 0.15) is 22.3 Å². The van der Waals surface area contributed by atoms with Crippen LogP contribution in [0.25, 0.3) is 0 Å². The average Bonchev–Trinajstić information content (AvgIpc) is 2.53. The minimum Gasteiger partial charge on any atom is -0.406 e. The summed E-state index contributed by atoms with van der Waals surface area (Å²) in [5, 5.41) is 2.53. The van der Waals surface area contributed by atoms with Crippen molar-refractivity contribution >= 4 is 17.5 Å². The summed E-state index contributed by atoms with van der Waals surface area (Å²) < 4.78 is 41.1. The van der Waals surface area contributed by atoms with E-state index in [0.717, 1.165) is 0 Å². The predicted molar refractivity (Wildman–Crippen MR) is 85.0 cm³/mol. The number of aryl methyl sites for hydroxylation is 1. The molecule has 3 N–H and O–H groups in total. The fraction of sp³-hybridized carbons (Fsp3) is 0.176. The first-order valence-corrected chi connectivity index (χ1v) is 7.28. The number of benzene rings is 2. The van der Waals surface area contributed by atoms with Crippen molar-refractivity contribution in [2.24, 2.45) is 5.73 Å². The van der Waals surface area contributed by atoms with Gasteiger partial charge in [0.2, 0.25) is 5.91 Å². The molecular weight excluding hydrogens is 337 g/mol. The van der Waals surface area contributed by atoms with Crippen LogP contribution in [0.5, 0.6) is 5.75 Å². The van der Waals surface area contributed by atoms with E-state index in [1.165, 1.54) is 30.3 Å². The Labute approximate surface area is 141 Å². The molecule has 25 heavy (non-hydrogen) atoms. The summed E-state index contributed by atoms with van der Waals surface area (Å²) in [4.78, 5) is 23.3. The molecule has 132 valence electrons. The number of carbonyl (C=O) groups excluding carboxylic acids is 2. The number of alkyl halides is 3. The quantitative estimate of drug-likeness (QED) is 0.837. The first-order chi connectivity index (χ1) is 11.8. The summed E-state index contributed by atoms with van der Waals surface area (Å²) in [5.41, 5.74) is 5.87. The molecule has 2 amide bonds. The SMILES string of the molecule is NC(=O)c1ccccc1NC(=O)CCc1ccccc1OC(F)(F)F. The maximum Gasteiger partial charge on any atom is 0.573 e. The average molecular weight is 352 g/mol. The Morgan fingerprint density at radius 2 is 1.68 bits per heavy atom. The van der Waals surface area contributed by atoms with E-state index in [2.05, 4.69) is 10.1 Å². The molecule has 2 aromatic rings. The van der Waals surface area contributed by atoms with Crippen LogP contribution in [0.2, 0.25) is 0 Å². The maximum absolute atomic E-state index is 12.4. The van der Waals surface area contributed by atoms with Crippen molar-refractivity contribution in [1.82, 2.24) is 0 Å². The van der Waals surface area contributed by atoms with Gasteiger partial charge in [0.05, 0.1) is 11.3 Å². The highest BCUT2D eigenvalue weighted by molar-refractivity contribution is 6.02. The summed E-state index contributed by atoms with van der Waals surface area (Å²) in [6.07, 6.45) is -4.86. The lowest BCUT2D eigenvalue weighted by molar-refractivity contribution is -0.274. The van der Waals surface area contributed by atoms with E-state index < -0.39 is 18.2 Å². The monoisotopic (exact) mass is 352 g/mol. The first-order valence-electron chi connectivity index (χ1n) is 7.28. The van der Waals surface area contributed by atoms with Gasteiger partial charge >= 0.3 is 6.36 Å². The Bertz CT molecular complexity index is 776. The molecule has 0 bridgehead atoms. The van der Waals surface area contributed by atoms with Gasteiger partial charge in [-0.15, -0.1) is 13.2 Å². The van der Waals surface area contributed by atoms with Crippen molar-refractivity contribution in [3.05, 3.63) is 59.7 Å². The third kappa shape index (κ3) is 5.52. The van der Waals surface area contributed by atoms with Crippen molar-refractivity contribution in [3.8, 4) is 5.75 Å². The molecule has 0 fully saturated rings. The number of para-hydroxylation sites is 2. The highest BCUT2D eigenvalue weighted by atomic mass is 19.4. The number of carbonyl (C=O) groups is 2. The van der Waals surface area contributed by atoms with Crippen LogP contribution >= 0.6 is 0 Å². The van der Waals surface area contributed by atoms with Gasteiger partial charge in [0.15, 0.2) is 0 Å². The molecule has 0 saturated carbocycles. The molecule has 0 saturated heterocycles. The molecule has 0 aliphatic heterocycles.